The zero-order chi connectivity index (χ0) is 27.8. The first-order valence-electron chi connectivity index (χ1n) is 14.0. The SMILES string of the molecule is C#Cc1c(-c2ccc(CCCC)cc2)cc(C(=O)O)c(O)c1N(Cc1ccccc1)C(=O)CCC1CCCC1. The average Bonchev–Trinajstić information content (AvgIpc) is 3.48. The highest BCUT2D eigenvalue weighted by Gasteiger charge is 2.29. The van der Waals surface area contributed by atoms with Crippen LogP contribution in [0, 0.1) is 18.3 Å². The van der Waals surface area contributed by atoms with Crippen LogP contribution in [0.3, 0.4) is 0 Å². The maximum atomic E-state index is 13.8. The number of unbranched alkanes of at least 4 members (excludes halogenated alkanes) is 1. The van der Waals surface area contributed by atoms with Crippen molar-refractivity contribution in [2.24, 2.45) is 5.92 Å². The molecule has 1 saturated carbocycles. The molecule has 39 heavy (non-hydrogen) atoms. The molecule has 2 N–H and O–H groups in total. The van der Waals surface area contributed by atoms with Gasteiger partial charge in [0, 0.05) is 12.0 Å². The molecule has 0 saturated heterocycles. The number of carboxylic acid groups (broad SMARTS) is 1. The van der Waals surface area contributed by atoms with Crippen molar-refractivity contribution in [3.63, 3.8) is 0 Å². The van der Waals surface area contributed by atoms with Crippen LogP contribution in [0.15, 0.2) is 60.7 Å². The molecule has 1 aliphatic rings. The van der Waals surface area contributed by atoms with Crippen molar-refractivity contribution in [2.75, 3.05) is 4.90 Å². The second kappa shape index (κ2) is 13.2. The molecule has 0 aromatic heterocycles. The van der Waals surface area contributed by atoms with Gasteiger partial charge in [-0.3, -0.25) is 4.79 Å². The number of carbonyl (C=O) groups excluding carboxylic acids is 1. The van der Waals surface area contributed by atoms with Gasteiger partial charge in [0.25, 0.3) is 0 Å². The largest absolute Gasteiger partial charge is 0.505 e. The van der Waals surface area contributed by atoms with Gasteiger partial charge in [0.1, 0.15) is 11.3 Å². The molecule has 5 heteroatoms. The molecule has 3 aromatic carbocycles. The molecule has 1 fully saturated rings. The number of benzene rings is 3. The number of rotatable bonds is 11. The van der Waals surface area contributed by atoms with Gasteiger partial charge in [-0.1, -0.05) is 99.5 Å². The number of phenols is 1. The van der Waals surface area contributed by atoms with Crippen molar-refractivity contribution < 1.29 is 19.8 Å². The van der Waals surface area contributed by atoms with Gasteiger partial charge >= 0.3 is 5.97 Å². The Kier molecular flexibility index (Phi) is 9.44. The number of hydrogen-bond acceptors (Lipinski definition) is 3. The van der Waals surface area contributed by atoms with Gasteiger partial charge in [-0.25, -0.2) is 4.79 Å². The quantitative estimate of drug-likeness (QED) is 0.254. The molecule has 3 aromatic rings. The summed E-state index contributed by atoms with van der Waals surface area (Å²) in [6, 6.07) is 18.8. The number of aryl methyl sites for hydroxylation is 1. The van der Waals surface area contributed by atoms with Crippen molar-refractivity contribution in [2.45, 2.75) is 71.3 Å². The van der Waals surface area contributed by atoms with Crippen LogP contribution in [0.4, 0.5) is 5.69 Å². The zero-order valence-corrected chi connectivity index (χ0v) is 22.7. The number of carbonyl (C=O) groups is 2. The summed E-state index contributed by atoms with van der Waals surface area (Å²) in [7, 11) is 0. The fourth-order valence-corrected chi connectivity index (χ4v) is 5.51. The van der Waals surface area contributed by atoms with E-state index in [1.165, 1.54) is 29.4 Å². The maximum Gasteiger partial charge on any atom is 0.339 e. The molecule has 0 bridgehead atoms. The van der Waals surface area contributed by atoms with Gasteiger partial charge < -0.3 is 15.1 Å². The van der Waals surface area contributed by atoms with Crippen molar-refractivity contribution in [1.29, 1.82) is 0 Å². The van der Waals surface area contributed by atoms with E-state index in [1.807, 2.05) is 54.6 Å². The topological polar surface area (TPSA) is 77.8 Å². The first-order valence-corrected chi connectivity index (χ1v) is 14.0. The van der Waals surface area contributed by atoms with Crippen LogP contribution in [0.5, 0.6) is 5.75 Å². The Balaban J connectivity index is 1.82. The Morgan fingerprint density at radius 1 is 1.03 bits per heavy atom. The van der Waals surface area contributed by atoms with E-state index in [-0.39, 0.29) is 23.7 Å². The summed E-state index contributed by atoms with van der Waals surface area (Å²) >= 11 is 0. The summed E-state index contributed by atoms with van der Waals surface area (Å²) in [6.45, 7) is 2.32. The predicted molar refractivity (Wildman–Crippen MR) is 156 cm³/mol. The number of nitrogens with zero attached hydrogens (tertiary/aromatic N) is 1. The molecule has 0 heterocycles. The molecule has 4 rings (SSSR count). The standard InChI is InChI=1S/C34H37NO4/c1-3-5-11-25-16-19-27(20-17-25)29-22-30(34(38)39)33(37)32(28(29)4-2)35(23-26-14-7-6-8-15-26)31(36)21-18-24-12-9-10-13-24/h2,6-8,14-17,19-20,22,24,37H,3,5,9-13,18,21,23H2,1H3,(H,38,39). The van der Waals surface area contributed by atoms with E-state index in [4.69, 9.17) is 6.42 Å². The molecule has 0 atom stereocenters. The van der Waals surface area contributed by atoms with Gasteiger partial charge in [0.15, 0.2) is 5.75 Å². The van der Waals surface area contributed by atoms with Crippen LogP contribution < -0.4 is 4.90 Å². The molecule has 0 aliphatic heterocycles. The van der Waals surface area contributed by atoms with E-state index in [9.17, 15) is 19.8 Å². The lowest BCUT2D eigenvalue weighted by atomic mass is 9.92. The predicted octanol–water partition coefficient (Wildman–Crippen LogP) is 7.58. The highest BCUT2D eigenvalue weighted by atomic mass is 16.4. The Morgan fingerprint density at radius 2 is 1.72 bits per heavy atom. The second-order valence-corrected chi connectivity index (χ2v) is 10.4. The van der Waals surface area contributed by atoms with E-state index >= 15 is 0 Å². The molecule has 1 aliphatic carbocycles. The minimum Gasteiger partial charge on any atom is -0.505 e. The van der Waals surface area contributed by atoms with Crippen LogP contribution in [0.1, 0.15) is 85.3 Å². The van der Waals surface area contributed by atoms with Crippen LogP contribution in [0.25, 0.3) is 11.1 Å². The van der Waals surface area contributed by atoms with Crippen molar-refractivity contribution in [3.8, 4) is 29.2 Å². The summed E-state index contributed by atoms with van der Waals surface area (Å²) in [6.07, 6.45) is 14.9. The number of hydrogen-bond donors (Lipinski definition) is 2. The molecule has 0 radical (unpaired) electrons. The van der Waals surface area contributed by atoms with Crippen LogP contribution >= 0.6 is 0 Å². The molecule has 0 spiro atoms. The zero-order valence-electron chi connectivity index (χ0n) is 22.7. The summed E-state index contributed by atoms with van der Waals surface area (Å²) in [5, 5.41) is 21.3. The minimum atomic E-state index is -1.28. The lowest BCUT2D eigenvalue weighted by Gasteiger charge is -2.28. The Hall–Kier alpha value is -4.04. The van der Waals surface area contributed by atoms with E-state index < -0.39 is 11.7 Å². The van der Waals surface area contributed by atoms with E-state index in [1.54, 1.807) is 0 Å². The van der Waals surface area contributed by atoms with Gasteiger partial charge in [-0.2, -0.15) is 0 Å². The van der Waals surface area contributed by atoms with Crippen molar-refractivity contribution >= 4 is 17.6 Å². The normalized spacial score (nSPS) is 13.2. The Morgan fingerprint density at radius 3 is 2.33 bits per heavy atom. The number of amides is 1. The van der Waals surface area contributed by atoms with Crippen LogP contribution in [-0.4, -0.2) is 22.1 Å². The third-order valence-corrected chi connectivity index (χ3v) is 7.73. The Bertz CT molecular complexity index is 1330. The number of aromatic hydroxyl groups is 1. The maximum absolute atomic E-state index is 13.8. The first kappa shape index (κ1) is 28.0. The van der Waals surface area contributed by atoms with E-state index in [0.717, 1.165) is 49.7 Å². The smallest absolute Gasteiger partial charge is 0.339 e. The van der Waals surface area contributed by atoms with Gasteiger partial charge in [-0.15, -0.1) is 6.42 Å². The number of aromatic carboxylic acids is 1. The lowest BCUT2D eigenvalue weighted by molar-refractivity contribution is -0.119. The fraction of sp³-hybridized carbons (Fsp3) is 0.353. The number of anilines is 1. The van der Waals surface area contributed by atoms with Crippen LogP contribution in [0.2, 0.25) is 0 Å². The molecule has 202 valence electrons. The summed E-state index contributed by atoms with van der Waals surface area (Å²) in [5.74, 6) is 1.26. The summed E-state index contributed by atoms with van der Waals surface area (Å²) in [4.78, 5) is 27.5. The molecule has 0 unspecified atom stereocenters. The monoisotopic (exact) mass is 523 g/mol. The van der Waals surface area contributed by atoms with Gasteiger partial charge in [0.05, 0.1) is 12.1 Å². The van der Waals surface area contributed by atoms with Gasteiger partial charge in [-0.05, 0) is 47.9 Å². The summed E-state index contributed by atoms with van der Waals surface area (Å²) in [5.41, 5.74) is 3.41. The van der Waals surface area contributed by atoms with Crippen molar-refractivity contribution in [3.05, 3.63) is 82.9 Å². The number of terminal acetylenes is 1. The summed E-state index contributed by atoms with van der Waals surface area (Å²) < 4.78 is 0. The average molecular weight is 524 g/mol. The third-order valence-electron chi connectivity index (χ3n) is 7.73. The molecule has 5 nitrogen and oxygen atoms in total. The van der Waals surface area contributed by atoms with Crippen LogP contribution in [-0.2, 0) is 17.8 Å². The molecular formula is C34H37NO4. The minimum absolute atomic E-state index is 0.0859. The third kappa shape index (κ3) is 6.70. The highest BCUT2D eigenvalue weighted by molar-refractivity contribution is 6.03. The van der Waals surface area contributed by atoms with E-state index in [0.29, 0.717) is 23.5 Å². The van der Waals surface area contributed by atoms with Gasteiger partial charge in [0.2, 0.25) is 5.91 Å². The second-order valence-electron chi connectivity index (χ2n) is 10.4. The first-order chi connectivity index (χ1) is 18.9. The lowest BCUT2D eigenvalue weighted by Crippen LogP contribution is -2.32. The number of carboxylic acids is 1. The Labute approximate surface area is 231 Å². The highest BCUT2D eigenvalue weighted by Crippen LogP contribution is 2.42. The fourth-order valence-electron chi connectivity index (χ4n) is 5.51. The van der Waals surface area contributed by atoms with Crippen molar-refractivity contribution in [1.82, 2.24) is 0 Å². The molecular weight excluding hydrogens is 486 g/mol. The van der Waals surface area contributed by atoms with E-state index in [2.05, 4.69) is 12.8 Å². The molecule has 1 amide bonds.